The first kappa shape index (κ1) is 15.4. The van der Waals surface area contributed by atoms with Crippen molar-refractivity contribution in [1.82, 2.24) is 0 Å². The van der Waals surface area contributed by atoms with Crippen molar-refractivity contribution < 1.29 is 22.8 Å². The number of rotatable bonds is 2. The van der Waals surface area contributed by atoms with Gasteiger partial charge in [-0.1, -0.05) is 0 Å². The highest BCUT2D eigenvalue weighted by atomic mass is 32.2. The summed E-state index contributed by atoms with van der Waals surface area (Å²) in [5, 5.41) is 4.80. The molecule has 8 heteroatoms. The summed E-state index contributed by atoms with van der Waals surface area (Å²) in [6.45, 7) is 0. The molecule has 0 bridgehead atoms. The van der Waals surface area contributed by atoms with Gasteiger partial charge in [-0.25, -0.2) is 13.2 Å². The minimum atomic E-state index is -1.66. The van der Waals surface area contributed by atoms with Crippen LogP contribution >= 0.6 is 11.8 Å². The summed E-state index contributed by atoms with van der Waals surface area (Å²) < 4.78 is 39.6. The van der Waals surface area contributed by atoms with Gasteiger partial charge in [0.2, 0.25) is 5.91 Å². The van der Waals surface area contributed by atoms with E-state index < -0.39 is 29.0 Å². The van der Waals surface area contributed by atoms with E-state index in [-0.39, 0.29) is 11.5 Å². The molecule has 2 aromatic rings. The molecule has 0 saturated heterocycles. The third kappa shape index (κ3) is 3.02. The van der Waals surface area contributed by atoms with Gasteiger partial charge in [0.05, 0.1) is 17.1 Å². The number of halogens is 3. The topological polar surface area (TPSA) is 58.2 Å². The van der Waals surface area contributed by atoms with Crippen molar-refractivity contribution >= 4 is 35.0 Å². The van der Waals surface area contributed by atoms with E-state index in [1.807, 2.05) is 0 Å². The predicted molar refractivity (Wildman–Crippen MR) is 80.1 cm³/mol. The molecule has 0 atom stereocenters. The zero-order valence-electron chi connectivity index (χ0n) is 11.5. The number of hydrogen-bond acceptors (Lipinski definition) is 3. The van der Waals surface area contributed by atoms with Crippen molar-refractivity contribution in [2.75, 3.05) is 16.4 Å². The molecular weight excluding hydrogens is 329 g/mol. The molecule has 2 aromatic carbocycles. The molecule has 118 valence electrons. The standard InChI is InChI=1S/C15H9F3N2O2S/c16-8-2-3-9(14(18)13(8)17)20-15(22)7-1-4-11-10(5-7)19-12(21)6-23-11/h1-5H,6H2,(H,19,21)(H,20,22). The highest BCUT2D eigenvalue weighted by molar-refractivity contribution is 8.00. The molecule has 0 saturated carbocycles. The Morgan fingerprint density at radius 1 is 1.13 bits per heavy atom. The van der Waals surface area contributed by atoms with Crippen LogP contribution in [0.4, 0.5) is 24.5 Å². The van der Waals surface area contributed by atoms with Crippen LogP contribution in [0, 0.1) is 17.5 Å². The fourth-order valence-corrected chi connectivity index (χ4v) is 2.83. The smallest absolute Gasteiger partial charge is 0.255 e. The lowest BCUT2D eigenvalue weighted by Gasteiger charge is -2.17. The summed E-state index contributed by atoms with van der Waals surface area (Å²) in [6.07, 6.45) is 0. The Morgan fingerprint density at radius 2 is 1.91 bits per heavy atom. The molecule has 1 aliphatic heterocycles. The number of fused-ring (bicyclic) bond motifs is 1. The van der Waals surface area contributed by atoms with Crippen LogP contribution in [0.25, 0.3) is 0 Å². The maximum absolute atomic E-state index is 13.6. The molecule has 0 radical (unpaired) electrons. The van der Waals surface area contributed by atoms with E-state index in [4.69, 9.17) is 0 Å². The first-order valence-corrected chi connectivity index (χ1v) is 7.46. The van der Waals surface area contributed by atoms with Crippen LogP contribution in [0.2, 0.25) is 0 Å². The van der Waals surface area contributed by atoms with Gasteiger partial charge in [-0.05, 0) is 30.3 Å². The van der Waals surface area contributed by atoms with Crippen LogP contribution in [0.5, 0.6) is 0 Å². The summed E-state index contributed by atoms with van der Waals surface area (Å²) >= 11 is 1.33. The van der Waals surface area contributed by atoms with Crippen molar-refractivity contribution in [3.63, 3.8) is 0 Å². The summed E-state index contributed by atoms with van der Waals surface area (Å²) in [4.78, 5) is 24.3. The van der Waals surface area contributed by atoms with Gasteiger partial charge in [-0.15, -0.1) is 11.8 Å². The number of hydrogen-bond donors (Lipinski definition) is 2. The second-order valence-corrected chi connectivity index (χ2v) is 5.74. The summed E-state index contributed by atoms with van der Waals surface area (Å²) in [7, 11) is 0. The molecule has 0 fully saturated rings. The van der Waals surface area contributed by atoms with Gasteiger partial charge in [0.1, 0.15) is 0 Å². The lowest BCUT2D eigenvalue weighted by molar-refractivity contribution is -0.113. The Labute approximate surface area is 133 Å². The number of anilines is 2. The van der Waals surface area contributed by atoms with E-state index in [1.165, 1.54) is 23.9 Å². The molecule has 0 aromatic heterocycles. The molecule has 2 N–H and O–H groups in total. The van der Waals surface area contributed by atoms with E-state index in [0.29, 0.717) is 11.4 Å². The summed E-state index contributed by atoms with van der Waals surface area (Å²) in [5.74, 6) is -5.07. The first-order valence-electron chi connectivity index (χ1n) is 6.47. The number of carbonyl (C=O) groups excluding carboxylic acids is 2. The van der Waals surface area contributed by atoms with Crippen LogP contribution in [-0.4, -0.2) is 17.6 Å². The average Bonchev–Trinajstić information content (AvgIpc) is 2.54. The number of amides is 2. The van der Waals surface area contributed by atoms with Crippen molar-refractivity contribution in [2.24, 2.45) is 0 Å². The number of benzene rings is 2. The highest BCUT2D eigenvalue weighted by Crippen LogP contribution is 2.32. The first-order chi connectivity index (χ1) is 11.0. The number of carbonyl (C=O) groups is 2. The van der Waals surface area contributed by atoms with Crippen LogP contribution < -0.4 is 10.6 Å². The van der Waals surface area contributed by atoms with Crippen LogP contribution in [0.15, 0.2) is 35.2 Å². The highest BCUT2D eigenvalue weighted by Gasteiger charge is 2.19. The maximum atomic E-state index is 13.6. The van der Waals surface area contributed by atoms with Gasteiger partial charge in [-0.2, -0.15) is 0 Å². The van der Waals surface area contributed by atoms with Crippen LogP contribution in [0.3, 0.4) is 0 Å². The lowest BCUT2D eigenvalue weighted by Crippen LogP contribution is -2.20. The van der Waals surface area contributed by atoms with Crippen molar-refractivity contribution in [2.45, 2.75) is 4.90 Å². The minimum Gasteiger partial charge on any atom is -0.324 e. The number of nitrogens with one attached hydrogen (secondary N) is 2. The van der Waals surface area contributed by atoms with Gasteiger partial charge < -0.3 is 10.6 Å². The van der Waals surface area contributed by atoms with Gasteiger partial charge >= 0.3 is 0 Å². The molecular formula is C15H9F3N2O2S. The van der Waals surface area contributed by atoms with Crippen LogP contribution in [0.1, 0.15) is 10.4 Å². The third-order valence-corrected chi connectivity index (χ3v) is 4.23. The van der Waals surface area contributed by atoms with Gasteiger partial charge in [0, 0.05) is 10.5 Å². The largest absolute Gasteiger partial charge is 0.324 e. The third-order valence-electron chi connectivity index (χ3n) is 3.16. The molecule has 0 aliphatic carbocycles. The van der Waals surface area contributed by atoms with Gasteiger partial charge in [0.15, 0.2) is 17.5 Å². The van der Waals surface area contributed by atoms with Crippen molar-refractivity contribution in [3.8, 4) is 0 Å². The summed E-state index contributed by atoms with van der Waals surface area (Å²) in [5.41, 5.74) is 0.158. The monoisotopic (exact) mass is 338 g/mol. The molecule has 1 heterocycles. The Hall–Kier alpha value is -2.48. The molecule has 2 amide bonds. The predicted octanol–water partition coefficient (Wildman–Crippen LogP) is 3.40. The second-order valence-electron chi connectivity index (χ2n) is 4.72. The van der Waals surface area contributed by atoms with Crippen LogP contribution in [-0.2, 0) is 4.79 Å². The van der Waals surface area contributed by atoms with E-state index >= 15 is 0 Å². The van der Waals surface area contributed by atoms with E-state index in [0.717, 1.165) is 17.0 Å². The SMILES string of the molecule is O=C1CSc2ccc(C(=O)Nc3ccc(F)c(F)c3F)cc2N1. The zero-order valence-corrected chi connectivity index (χ0v) is 12.3. The Balaban J connectivity index is 1.86. The second kappa shape index (κ2) is 5.96. The molecule has 0 spiro atoms. The van der Waals surface area contributed by atoms with E-state index in [2.05, 4.69) is 10.6 Å². The van der Waals surface area contributed by atoms with Gasteiger partial charge in [-0.3, -0.25) is 9.59 Å². The van der Waals surface area contributed by atoms with E-state index in [1.54, 1.807) is 6.07 Å². The minimum absolute atomic E-state index is 0.149. The maximum Gasteiger partial charge on any atom is 0.255 e. The Morgan fingerprint density at radius 3 is 2.70 bits per heavy atom. The van der Waals surface area contributed by atoms with Crippen molar-refractivity contribution in [3.05, 3.63) is 53.3 Å². The van der Waals surface area contributed by atoms with Crippen molar-refractivity contribution in [1.29, 1.82) is 0 Å². The fourth-order valence-electron chi connectivity index (χ4n) is 2.04. The zero-order chi connectivity index (χ0) is 16.6. The Kier molecular flexibility index (Phi) is 3.99. The normalized spacial score (nSPS) is 13.3. The van der Waals surface area contributed by atoms with Gasteiger partial charge in [0.25, 0.3) is 5.91 Å². The average molecular weight is 338 g/mol. The Bertz CT molecular complexity index is 827. The summed E-state index contributed by atoms with van der Waals surface area (Å²) in [6, 6.07) is 6.23. The molecule has 1 aliphatic rings. The molecule has 3 rings (SSSR count). The quantitative estimate of drug-likeness (QED) is 0.825. The molecule has 0 unspecified atom stereocenters. The van der Waals surface area contributed by atoms with E-state index in [9.17, 15) is 22.8 Å². The number of thioether (sulfide) groups is 1. The molecule has 23 heavy (non-hydrogen) atoms. The molecule has 4 nitrogen and oxygen atoms in total. The fraction of sp³-hybridized carbons (Fsp3) is 0.0667. The lowest BCUT2D eigenvalue weighted by atomic mass is 10.1.